The number of carbonyl (C=O) groups is 1. The topological polar surface area (TPSA) is 42.0 Å². The minimum Gasteiger partial charge on any atom is -0.350 e. The zero-order valence-electron chi connectivity index (χ0n) is 17.2. The molecule has 4 aliphatic rings. The molecule has 0 spiro atoms. The van der Waals surface area contributed by atoms with Gasteiger partial charge in [0, 0.05) is 10.9 Å². The summed E-state index contributed by atoms with van der Waals surface area (Å²) in [6.45, 7) is 7.49. The fraction of sp³-hybridized carbons (Fsp3) is 0.583. The number of thiazole rings is 1. The fourth-order valence-electron chi connectivity index (χ4n) is 7.36. The summed E-state index contributed by atoms with van der Waals surface area (Å²) in [6, 6.07) is 8.44. The van der Waals surface area contributed by atoms with Crippen molar-refractivity contribution in [2.45, 2.75) is 65.8 Å². The van der Waals surface area contributed by atoms with Crippen molar-refractivity contribution in [1.82, 2.24) is 10.3 Å². The molecule has 0 aliphatic heterocycles. The third kappa shape index (κ3) is 3.10. The molecule has 1 aromatic carbocycles. The number of amides is 1. The highest BCUT2D eigenvalue weighted by atomic mass is 32.1. The quantitative estimate of drug-likeness (QED) is 0.719. The lowest BCUT2D eigenvalue weighted by Gasteiger charge is -2.64. The Bertz CT molecular complexity index is 914. The molecule has 2 aromatic rings. The van der Waals surface area contributed by atoms with Crippen LogP contribution in [-0.2, 0) is 11.3 Å². The van der Waals surface area contributed by atoms with Crippen molar-refractivity contribution in [3.63, 3.8) is 0 Å². The summed E-state index contributed by atoms with van der Waals surface area (Å²) in [6.07, 6.45) is 7.19. The number of hydrogen-bond acceptors (Lipinski definition) is 3. The summed E-state index contributed by atoms with van der Waals surface area (Å²) in [7, 11) is 0. The maximum Gasteiger partial charge on any atom is 0.226 e. The monoisotopic (exact) mass is 394 g/mol. The van der Waals surface area contributed by atoms with Crippen LogP contribution in [0.2, 0.25) is 0 Å². The van der Waals surface area contributed by atoms with Crippen molar-refractivity contribution < 1.29 is 4.79 Å². The Hall–Kier alpha value is -1.68. The number of nitrogens with one attached hydrogen (secondary N) is 1. The molecule has 4 bridgehead atoms. The van der Waals surface area contributed by atoms with E-state index in [4.69, 9.17) is 4.98 Å². The molecule has 1 N–H and O–H groups in total. The van der Waals surface area contributed by atoms with Crippen LogP contribution in [0.5, 0.6) is 0 Å². The highest BCUT2D eigenvalue weighted by Gasteiger charge is 2.62. The van der Waals surface area contributed by atoms with E-state index in [-0.39, 0.29) is 11.3 Å². The van der Waals surface area contributed by atoms with E-state index >= 15 is 0 Å². The van der Waals surface area contributed by atoms with Crippen molar-refractivity contribution >= 4 is 17.2 Å². The van der Waals surface area contributed by atoms with Gasteiger partial charge in [-0.2, -0.15) is 0 Å². The summed E-state index contributed by atoms with van der Waals surface area (Å²) in [4.78, 5) is 18.1. The third-order valence-electron chi connectivity index (χ3n) is 7.35. The van der Waals surface area contributed by atoms with E-state index in [0.29, 0.717) is 17.4 Å². The Kier molecular flexibility index (Phi) is 4.04. The van der Waals surface area contributed by atoms with E-state index in [2.05, 4.69) is 55.7 Å². The van der Waals surface area contributed by atoms with E-state index in [0.717, 1.165) is 41.4 Å². The van der Waals surface area contributed by atoms with Crippen LogP contribution in [0.3, 0.4) is 0 Å². The first kappa shape index (κ1) is 18.4. The first-order chi connectivity index (χ1) is 13.3. The largest absolute Gasteiger partial charge is 0.350 e. The lowest BCUT2D eigenvalue weighted by Crippen LogP contribution is -2.59. The first-order valence-corrected chi connectivity index (χ1v) is 11.4. The molecular formula is C24H30N2OS. The van der Waals surface area contributed by atoms with Gasteiger partial charge in [0.25, 0.3) is 0 Å². The summed E-state index contributed by atoms with van der Waals surface area (Å²) in [5, 5.41) is 6.39. The SMILES string of the molecule is Cc1cccc(-c2nc(CNC(=O)C34CC5C[C@@](C)(C3)C[C@](C)(C5)C4)cs2)c1. The number of hydrogen-bond donors (Lipinski definition) is 1. The molecule has 4 saturated carbocycles. The van der Waals surface area contributed by atoms with Crippen molar-refractivity contribution in [3.8, 4) is 10.6 Å². The zero-order chi connectivity index (χ0) is 19.6. The van der Waals surface area contributed by atoms with Gasteiger partial charge < -0.3 is 5.32 Å². The zero-order valence-corrected chi connectivity index (χ0v) is 18.0. The van der Waals surface area contributed by atoms with Crippen LogP contribution in [0.1, 0.15) is 63.6 Å². The highest BCUT2D eigenvalue weighted by molar-refractivity contribution is 7.13. The van der Waals surface area contributed by atoms with Gasteiger partial charge in [-0.3, -0.25) is 4.79 Å². The Morgan fingerprint density at radius 3 is 2.61 bits per heavy atom. The van der Waals surface area contributed by atoms with Crippen LogP contribution in [0.15, 0.2) is 29.6 Å². The van der Waals surface area contributed by atoms with E-state index < -0.39 is 0 Å². The normalized spacial score (nSPS) is 35.9. The van der Waals surface area contributed by atoms with Crippen LogP contribution in [0.25, 0.3) is 10.6 Å². The summed E-state index contributed by atoms with van der Waals surface area (Å²) in [5.41, 5.74) is 3.96. The molecule has 3 nitrogen and oxygen atoms in total. The number of benzene rings is 1. The van der Waals surface area contributed by atoms with Gasteiger partial charge in [0.15, 0.2) is 0 Å². The molecule has 6 rings (SSSR count). The predicted molar refractivity (Wildman–Crippen MR) is 114 cm³/mol. The molecule has 2 unspecified atom stereocenters. The van der Waals surface area contributed by atoms with Crippen LogP contribution in [0.4, 0.5) is 0 Å². The Labute approximate surface area is 172 Å². The first-order valence-electron chi connectivity index (χ1n) is 10.6. The van der Waals surface area contributed by atoms with Crippen LogP contribution in [0, 0.1) is 29.1 Å². The molecule has 1 amide bonds. The van der Waals surface area contributed by atoms with Gasteiger partial charge in [0.05, 0.1) is 17.7 Å². The molecule has 0 radical (unpaired) electrons. The minimum atomic E-state index is -0.141. The fourth-order valence-corrected chi connectivity index (χ4v) is 8.17. The second-order valence-electron chi connectivity index (χ2n) is 10.6. The lowest BCUT2D eigenvalue weighted by molar-refractivity contribution is -0.170. The van der Waals surface area contributed by atoms with E-state index in [1.165, 1.54) is 24.8 Å². The molecule has 4 fully saturated rings. The van der Waals surface area contributed by atoms with E-state index in [1.54, 1.807) is 11.3 Å². The molecule has 1 aromatic heterocycles. The van der Waals surface area contributed by atoms with E-state index in [1.807, 2.05) is 0 Å². The van der Waals surface area contributed by atoms with Gasteiger partial charge in [0.2, 0.25) is 5.91 Å². The summed E-state index contributed by atoms with van der Waals surface area (Å²) >= 11 is 1.66. The van der Waals surface area contributed by atoms with Crippen LogP contribution in [-0.4, -0.2) is 10.9 Å². The number of carbonyl (C=O) groups excluding carboxylic acids is 1. The molecule has 148 valence electrons. The minimum absolute atomic E-state index is 0.141. The second kappa shape index (κ2) is 6.16. The molecule has 4 heteroatoms. The Morgan fingerprint density at radius 1 is 1.18 bits per heavy atom. The second-order valence-corrected chi connectivity index (χ2v) is 11.5. The lowest BCUT2D eigenvalue weighted by atomic mass is 9.40. The molecule has 28 heavy (non-hydrogen) atoms. The number of nitrogens with zero attached hydrogens (tertiary/aromatic N) is 1. The molecule has 4 aliphatic carbocycles. The van der Waals surface area contributed by atoms with Gasteiger partial charge >= 0.3 is 0 Å². The Morgan fingerprint density at radius 2 is 1.93 bits per heavy atom. The van der Waals surface area contributed by atoms with Gasteiger partial charge in [-0.1, -0.05) is 37.6 Å². The smallest absolute Gasteiger partial charge is 0.226 e. The average Bonchev–Trinajstić information content (AvgIpc) is 3.05. The summed E-state index contributed by atoms with van der Waals surface area (Å²) in [5.74, 6) is 1.02. The Balaban J connectivity index is 1.30. The molecule has 4 atom stereocenters. The van der Waals surface area contributed by atoms with Gasteiger partial charge in [-0.25, -0.2) is 4.98 Å². The molecule has 1 heterocycles. The van der Waals surface area contributed by atoms with Gasteiger partial charge in [-0.15, -0.1) is 11.3 Å². The third-order valence-corrected chi connectivity index (χ3v) is 8.29. The standard InChI is InChI=1S/C24H30N2OS/c1-16-5-4-6-18(7-16)20-26-19(12-28-20)11-25-21(27)24-10-17-8-22(2,14-24)13-23(3,9-17)15-24/h4-7,12,17H,8-11,13-15H2,1-3H3,(H,25,27)/t17?,22-,23+,24?. The number of aromatic nitrogens is 1. The van der Waals surface area contributed by atoms with Gasteiger partial charge in [0.1, 0.15) is 5.01 Å². The van der Waals surface area contributed by atoms with Crippen molar-refractivity contribution in [3.05, 3.63) is 40.9 Å². The summed E-state index contributed by atoms with van der Waals surface area (Å²) < 4.78 is 0. The van der Waals surface area contributed by atoms with Gasteiger partial charge in [-0.05, 0) is 68.3 Å². The predicted octanol–water partition coefficient (Wildman–Crippen LogP) is 5.73. The average molecular weight is 395 g/mol. The van der Waals surface area contributed by atoms with Crippen LogP contribution >= 0.6 is 11.3 Å². The van der Waals surface area contributed by atoms with Crippen molar-refractivity contribution in [1.29, 1.82) is 0 Å². The van der Waals surface area contributed by atoms with Crippen LogP contribution < -0.4 is 5.32 Å². The maximum atomic E-state index is 13.3. The van der Waals surface area contributed by atoms with Crippen molar-refractivity contribution in [2.24, 2.45) is 22.2 Å². The van der Waals surface area contributed by atoms with Crippen molar-refractivity contribution in [2.75, 3.05) is 0 Å². The maximum absolute atomic E-state index is 13.3. The van der Waals surface area contributed by atoms with E-state index in [9.17, 15) is 4.79 Å². The number of aryl methyl sites for hydroxylation is 1. The highest BCUT2D eigenvalue weighted by Crippen LogP contribution is 2.69. The molecular weight excluding hydrogens is 364 g/mol. The number of rotatable bonds is 4. The molecule has 0 saturated heterocycles.